The van der Waals surface area contributed by atoms with Gasteiger partial charge in [-0.25, -0.2) is 0 Å². The van der Waals surface area contributed by atoms with Crippen molar-refractivity contribution in [1.29, 1.82) is 0 Å². The molecule has 5 heteroatoms. The summed E-state index contributed by atoms with van der Waals surface area (Å²) in [4.78, 5) is 18.4. The van der Waals surface area contributed by atoms with Crippen LogP contribution in [0.3, 0.4) is 0 Å². The molecule has 1 N–H and O–H groups in total. The first-order valence-electron chi connectivity index (χ1n) is 9.22. The molecular weight excluding hydrogens is 336 g/mol. The van der Waals surface area contributed by atoms with Gasteiger partial charge in [0.05, 0.1) is 17.8 Å². The van der Waals surface area contributed by atoms with Crippen LogP contribution in [0, 0.1) is 0 Å². The number of carbonyl (C=O) groups is 1. The van der Waals surface area contributed by atoms with Crippen LogP contribution in [0.15, 0.2) is 70.8 Å². The second-order valence-electron chi connectivity index (χ2n) is 6.89. The Morgan fingerprint density at radius 3 is 2.04 bits per heavy atom. The lowest BCUT2D eigenvalue weighted by Gasteiger charge is -2.15. The predicted molar refractivity (Wildman–Crippen MR) is 111 cm³/mol. The molecule has 0 aliphatic carbocycles. The molecule has 2 aromatic carbocycles. The molecule has 1 aliphatic heterocycles. The van der Waals surface area contributed by atoms with Crippen LogP contribution in [0.25, 0.3) is 0 Å². The highest BCUT2D eigenvalue weighted by Gasteiger charge is 2.32. The van der Waals surface area contributed by atoms with E-state index in [4.69, 9.17) is 5.10 Å². The first-order chi connectivity index (χ1) is 13.1. The molecule has 1 fully saturated rings. The van der Waals surface area contributed by atoms with E-state index in [1.807, 2.05) is 67.7 Å². The van der Waals surface area contributed by atoms with Gasteiger partial charge in [0.1, 0.15) is 11.5 Å². The Morgan fingerprint density at radius 1 is 1.00 bits per heavy atom. The quantitative estimate of drug-likeness (QED) is 0.635. The summed E-state index contributed by atoms with van der Waals surface area (Å²) in [5.41, 5.74) is 6.96. The molecule has 27 heavy (non-hydrogen) atoms. The van der Waals surface area contributed by atoms with Gasteiger partial charge in [-0.15, -0.1) is 0 Å². The number of benzene rings is 2. The molecule has 1 saturated heterocycles. The molecule has 2 aromatic rings. The number of Topliss-reactive ketones (excluding diaryl/α,β-unsaturated/α-hetero) is 1. The van der Waals surface area contributed by atoms with E-state index in [0.717, 1.165) is 35.5 Å². The lowest BCUT2D eigenvalue weighted by Crippen LogP contribution is -2.31. The Labute approximate surface area is 160 Å². The fraction of sp³-hybridized carbons (Fsp3) is 0.318. The van der Waals surface area contributed by atoms with Gasteiger partial charge in [0.25, 0.3) is 0 Å². The van der Waals surface area contributed by atoms with Crippen molar-refractivity contribution in [2.75, 3.05) is 20.6 Å². The number of likely N-dealkylation sites (tertiary alicyclic amines) is 1. The maximum Gasteiger partial charge on any atom is 0.146 e. The van der Waals surface area contributed by atoms with Crippen LogP contribution >= 0.6 is 0 Å². The van der Waals surface area contributed by atoms with E-state index >= 15 is 0 Å². The summed E-state index contributed by atoms with van der Waals surface area (Å²) in [6.45, 7) is 2.44. The normalized spacial score (nSPS) is 21.3. The van der Waals surface area contributed by atoms with E-state index in [0.29, 0.717) is 0 Å². The molecule has 0 spiro atoms. The van der Waals surface area contributed by atoms with Crippen LogP contribution in [-0.4, -0.2) is 54.8 Å². The van der Waals surface area contributed by atoms with Crippen LogP contribution < -0.4 is 5.43 Å². The summed E-state index contributed by atoms with van der Waals surface area (Å²) in [5, 5.41) is 4.75. The Balaban J connectivity index is 1.89. The molecule has 1 heterocycles. The third kappa shape index (κ3) is 4.49. The maximum absolute atomic E-state index is 11.8. The van der Waals surface area contributed by atoms with Crippen LogP contribution in [0.4, 0.5) is 0 Å². The summed E-state index contributed by atoms with van der Waals surface area (Å²) < 4.78 is 0. The van der Waals surface area contributed by atoms with Gasteiger partial charge in [0.15, 0.2) is 0 Å². The average Bonchev–Trinajstić information content (AvgIpc) is 3.07. The molecule has 140 valence electrons. The topological polar surface area (TPSA) is 57.1 Å². The highest BCUT2D eigenvalue weighted by molar-refractivity contribution is 6.53. The molecule has 0 amide bonds. The van der Waals surface area contributed by atoms with E-state index in [-0.39, 0.29) is 17.9 Å². The van der Waals surface area contributed by atoms with E-state index in [1.165, 1.54) is 0 Å². The SMILES string of the molecule is CN=C(/C(=N\N[C@@H]1CC(C(C)=O)N(C)C1)c1ccccc1)c1ccccc1. The van der Waals surface area contributed by atoms with Gasteiger partial charge < -0.3 is 5.43 Å². The van der Waals surface area contributed by atoms with Crippen molar-refractivity contribution < 1.29 is 4.79 Å². The fourth-order valence-corrected chi connectivity index (χ4v) is 3.54. The molecular formula is C22H26N4O. The summed E-state index contributed by atoms with van der Waals surface area (Å²) in [5.74, 6) is 0.203. The molecule has 0 radical (unpaired) electrons. The average molecular weight is 362 g/mol. The van der Waals surface area contributed by atoms with E-state index in [1.54, 1.807) is 14.0 Å². The highest BCUT2D eigenvalue weighted by Crippen LogP contribution is 2.17. The van der Waals surface area contributed by atoms with Crippen LogP contribution in [0.2, 0.25) is 0 Å². The van der Waals surface area contributed by atoms with Crippen molar-refractivity contribution in [1.82, 2.24) is 10.3 Å². The lowest BCUT2D eigenvalue weighted by molar-refractivity contribution is -0.120. The Hall–Kier alpha value is -2.79. The van der Waals surface area contributed by atoms with Crippen molar-refractivity contribution in [3.8, 4) is 0 Å². The zero-order chi connectivity index (χ0) is 19.2. The molecule has 0 aromatic heterocycles. The van der Waals surface area contributed by atoms with Crippen LogP contribution in [0.1, 0.15) is 24.5 Å². The van der Waals surface area contributed by atoms with Crippen molar-refractivity contribution in [2.45, 2.75) is 25.4 Å². The standard InChI is InChI=1S/C22H26N4O/c1-16(27)20-14-19(15-26(20)3)24-25-22(18-12-8-5-9-13-18)21(23-2)17-10-6-4-7-11-17/h4-13,19-20,24H,14-15H2,1-3H3/b23-21?,25-22-/t19-,20?/m1/s1. The van der Waals surface area contributed by atoms with Crippen molar-refractivity contribution >= 4 is 17.2 Å². The molecule has 0 saturated carbocycles. The summed E-state index contributed by atoms with van der Waals surface area (Å²) in [7, 11) is 3.77. The Kier molecular flexibility index (Phi) is 6.14. The lowest BCUT2D eigenvalue weighted by atomic mass is 10.00. The first kappa shape index (κ1) is 19.0. The Morgan fingerprint density at radius 2 is 1.56 bits per heavy atom. The zero-order valence-corrected chi connectivity index (χ0v) is 16.1. The molecule has 0 bridgehead atoms. The predicted octanol–water partition coefficient (Wildman–Crippen LogP) is 2.76. The number of nitrogens with one attached hydrogen (secondary N) is 1. The largest absolute Gasteiger partial charge is 0.305 e. The number of aliphatic imine (C=N–C) groups is 1. The second kappa shape index (κ2) is 8.73. The number of hydrogen-bond acceptors (Lipinski definition) is 5. The van der Waals surface area contributed by atoms with E-state index in [9.17, 15) is 4.79 Å². The highest BCUT2D eigenvalue weighted by atomic mass is 16.1. The van der Waals surface area contributed by atoms with Gasteiger partial charge >= 0.3 is 0 Å². The van der Waals surface area contributed by atoms with E-state index in [2.05, 4.69) is 15.3 Å². The number of hydrogen-bond donors (Lipinski definition) is 1. The van der Waals surface area contributed by atoms with Gasteiger partial charge in [0, 0.05) is 24.7 Å². The van der Waals surface area contributed by atoms with Crippen molar-refractivity contribution in [2.24, 2.45) is 10.1 Å². The molecule has 5 nitrogen and oxygen atoms in total. The molecule has 3 rings (SSSR count). The first-order valence-corrected chi connectivity index (χ1v) is 9.22. The van der Waals surface area contributed by atoms with E-state index < -0.39 is 0 Å². The molecule has 1 unspecified atom stereocenters. The summed E-state index contributed by atoms with van der Waals surface area (Å²) in [6, 6.07) is 20.2. The van der Waals surface area contributed by atoms with Crippen molar-refractivity contribution in [3.63, 3.8) is 0 Å². The summed E-state index contributed by atoms with van der Waals surface area (Å²) >= 11 is 0. The third-order valence-corrected chi connectivity index (χ3v) is 4.92. The van der Waals surface area contributed by atoms with Crippen LogP contribution in [0.5, 0.6) is 0 Å². The minimum atomic E-state index is -0.0358. The minimum Gasteiger partial charge on any atom is -0.305 e. The number of carbonyl (C=O) groups excluding carboxylic acids is 1. The van der Waals surface area contributed by atoms with Crippen LogP contribution in [-0.2, 0) is 4.79 Å². The summed E-state index contributed by atoms with van der Waals surface area (Å²) in [6.07, 6.45) is 0.765. The third-order valence-electron chi connectivity index (χ3n) is 4.92. The zero-order valence-electron chi connectivity index (χ0n) is 16.1. The number of likely N-dealkylation sites (N-methyl/N-ethyl adjacent to an activating group) is 1. The smallest absolute Gasteiger partial charge is 0.146 e. The number of nitrogens with zero attached hydrogens (tertiary/aromatic N) is 3. The second-order valence-corrected chi connectivity index (χ2v) is 6.89. The number of hydrazone groups is 1. The minimum absolute atomic E-state index is 0.0358. The molecule has 2 atom stereocenters. The van der Waals surface area contributed by atoms with Gasteiger partial charge in [-0.3, -0.25) is 14.7 Å². The van der Waals surface area contributed by atoms with Crippen molar-refractivity contribution in [3.05, 3.63) is 71.8 Å². The maximum atomic E-state index is 11.8. The van der Waals surface area contributed by atoms with Gasteiger partial charge in [-0.2, -0.15) is 5.10 Å². The molecule has 1 aliphatic rings. The Bertz CT molecular complexity index is 830. The monoisotopic (exact) mass is 362 g/mol. The number of ketones is 1. The fourth-order valence-electron chi connectivity index (χ4n) is 3.54. The van der Waals surface area contributed by atoms with Gasteiger partial charge in [0.2, 0.25) is 0 Å². The number of rotatable bonds is 6. The van der Waals surface area contributed by atoms with Gasteiger partial charge in [-0.05, 0) is 20.4 Å². The van der Waals surface area contributed by atoms with Gasteiger partial charge in [-0.1, -0.05) is 60.7 Å².